The number of benzene rings is 1. The van der Waals surface area contributed by atoms with Crippen molar-refractivity contribution < 1.29 is 14.6 Å². The first-order valence-corrected chi connectivity index (χ1v) is 6.30. The summed E-state index contributed by atoms with van der Waals surface area (Å²) < 4.78 is 5.11. The summed E-state index contributed by atoms with van der Waals surface area (Å²) in [5.74, 6) is 1.05. The van der Waals surface area contributed by atoms with E-state index in [1.54, 1.807) is 7.11 Å². The van der Waals surface area contributed by atoms with Crippen LogP contribution in [0.15, 0.2) is 24.3 Å². The van der Waals surface area contributed by atoms with Gasteiger partial charge in [-0.1, -0.05) is 12.1 Å². The topological polar surface area (TPSA) is 49.8 Å². The van der Waals surface area contributed by atoms with Crippen molar-refractivity contribution in [1.82, 2.24) is 4.90 Å². The molecule has 96 valence electrons. The van der Waals surface area contributed by atoms with E-state index in [0.29, 0.717) is 13.0 Å². The Hall–Kier alpha value is -1.55. The van der Waals surface area contributed by atoms with Crippen molar-refractivity contribution in [3.05, 3.63) is 29.8 Å². The molecule has 1 aliphatic carbocycles. The van der Waals surface area contributed by atoms with Crippen molar-refractivity contribution in [3.63, 3.8) is 0 Å². The van der Waals surface area contributed by atoms with Gasteiger partial charge in [-0.05, 0) is 30.5 Å². The van der Waals surface area contributed by atoms with Crippen molar-refractivity contribution in [3.8, 4) is 5.75 Å². The van der Waals surface area contributed by atoms with Crippen LogP contribution in [0.2, 0.25) is 0 Å². The highest BCUT2D eigenvalue weighted by atomic mass is 16.5. The van der Waals surface area contributed by atoms with Crippen LogP contribution in [-0.2, 0) is 11.3 Å². The van der Waals surface area contributed by atoms with Gasteiger partial charge in [0.15, 0.2) is 0 Å². The summed E-state index contributed by atoms with van der Waals surface area (Å²) >= 11 is 0. The van der Waals surface area contributed by atoms with Crippen LogP contribution in [0.4, 0.5) is 0 Å². The second-order valence-corrected chi connectivity index (χ2v) is 5.12. The summed E-state index contributed by atoms with van der Waals surface area (Å²) in [6.45, 7) is 0.584. The van der Waals surface area contributed by atoms with Gasteiger partial charge in [-0.15, -0.1) is 0 Å². The van der Waals surface area contributed by atoms with E-state index < -0.39 is 0 Å². The maximum atomic E-state index is 12.0. The maximum Gasteiger partial charge on any atom is 0.226 e. The maximum absolute atomic E-state index is 12.0. The van der Waals surface area contributed by atoms with Crippen LogP contribution in [0.5, 0.6) is 5.75 Å². The molecule has 1 saturated carbocycles. The first-order chi connectivity index (χ1) is 8.69. The number of nitrogens with zero attached hydrogens (tertiary/aromatic N) is 1. The van der Waals surface area contributed by atoms with Gasteiger partial charge in [0.05, 0.1) is 19.3 Å². The smallest absolute Gasteiger partial charge is 0.226 e. The summed E-state index contributed by atoms with van der Waals surface area (Å²) in [7, 11) is 1.63. The van der Waals surface area contributed by atoms with Crippen molar-refractivity contribution in [2.24, 2.45) is 5.92 Å². The third-order valence-corrected chi connectivity index (χ3v) is 4.04. The average Bonchev–Trinajstić information content (AvgIpc) is 2.89. The van der Waals surface area contributed by atoms with Crippen molar-refractivity contribution in [2.75, 3.05) is 7.11 Å². The fourth-order valence-corrected chi connectivity index (χ4v) is 3.05. The minimum absolute atomic E-state index is 0.0181. The Labute approximate surface area is 106 Å². The van der Waals surface area contributed by atoms with Crippen molar-refractivity contribution >= 4 is 5.91 Å². The lowest BCUT2D eigenvalue weighted by Gasteiger charge is -2.30. The number of amides is 1. The number of rotatable bonds is 3. The third kappa shape index (κ3) is 1.77. The molecule has 2 fully saturated rings. The second kappa shape index (κ2) is 4.28. The Balaban J connectivity index is 1.74. The van der Waals surface area contributed by atoms with E-state index in [1.165, 1.54) is 0 Å². The van der Waals surface area contributed by atoms with Crippen LogP contribution in [-0.4, -0.2) is 35.2 Å². The Kier molecular flexibility index (Phi) is 2.74. The summed E-state index contributed by atoms with van der Waals surface area (Å²) in [4.78, 5) is 13.9. The quantitative estimate of drug-likeness (QED) is 0.872. The van der Waals surface area contributed by atoms with E-state index in [-0.39, 0.29) is 24.0 Å². The number of hydrogen-bond donors (Lipinski definition) is 1. The molecule has 1 unspecified atom stereocenters. The van der Waals surface area contributed by atoms with Gasteiger partial charge in [0.1, 0.15) is 5.75 Å². The first kappa shape index (κ1) is 11.5. The Morgan fingerprint density at radius 1 is 1.33 bits per heavy atom. The molecule has 2 bridgehead atoms. The SMILES string of the molecule is COc1ccc(CN2C(=O)[C@@H]3CC(O)[C@H]2C3)cc1. The molecular formula is C14H17NO3. The van der Waals surface area contributed by atoms with E-state index in [4.69, 9.17) is 4.74 Å². The normalized spacial score (nSPS) is 30.0. The Bertz CT molecular complexity index is 457. The lowest BCUT2D eigenvalue weighted by atomic mass is 10.1. The Morgan fingerprint density at radius 2 is 2.06 bits per heavy atom. The summed E-state index contributed by atoms with van der Waals surface area (Å²) in [5.41, 5.74) is 1.07. The predicted octanol–water partition coefficient (Wildman–Crippen LogP) is 1.18. The minimum atomic E-state index is -0.342. The molecule has 1 aromatic carbocycles. The lowest BCUT2D eigenvalue weighted by molar-refractivity contribution is -0.138. The number of piperidine rings is 1. The van der Waals surface area contributed by atoms with Gasteiger partial charge in [-0.3, -0.25) is 4.79 Å². The largest absolute Gasteiger partial charge is 0.497 e. The van der Waals surface area contributed by atoms with Crippen LogP contribution in [0, 0.1) is 5.92 Å². The molecule has 4 nitrogen and oxygen atoms in total. The predicted molar refractivity (Wildman–Crippen MR) is 66.1 cm³/mol. The number of aliphatic hydroxyl groups excluding tert-OH is 1. The zero-order valence-corrected chi connectivity index (χ0v) is 10.4. The molecule has 1 aliphatic heterocycles. The lowest BCUT2D eigenvalue weighted by Crippen LogP contribution is -2.43. The standard InChI is InChI=1S/C14H17NO3/c1-18-11-4-2-9(3-5-11)8-15-12-6-10(14(15)17)7-13(12)16/h2-5,10,12-13,16H,6-8H2,1H3/t10-,12+,13?/m0/s1. The van der Waals surface area contributed by atoms with Gasteiger partial charge >= 0.3 is 0 Å². The van der Waals surface area contributed by atoms with Gasteiger partial charge in [0.25, 0.3) is 0 Å². The first-order valence-electron chi connectivity index (χ1n) is 6.30. The van der Waals surface area contributed by atoms with Gasteiger partial charge in [-0.2, -0.15) is 0 Å². The van der Waals surface area contributed by atoms with Crippen LogP contribution in [0.3, 0.4) is 0 Å². The molecule has 1 aromatic rings. The highest BCUT2D eigenvalue weighted by Gasteiger charge is 2.49. The molecule has 4 heteroatoms. The molecule has 1 N–H and O–H groups in total. The van der Waals surface area contributed by atoms with E-state index in [0.717, 1.165) is 17.7 Å². The van der Waals surface area contributed by atoms with Gasteiger partial charge < -0.3 is 14.7 Å². The van der Waals surface area contributed by atoms with Crippen LogP contribution in [0.1, 0.15) is 18.4 Å². The molecule has 18 heavy (non-hydrogen) atoms. The van der Waals surface area contributed by atoms with E-state index >= 15 is 0 Å². The number of fused-ring (bicyclic) bond motifs is 2. The third-order valence-electron chi connectivity index (χ3n) is 4.04. The number of hydrogen-bond acceptors (Lipinski definition) is 3. The number of aliphatic hydroxyl groups is 1. The molecule has 3 rings (SSSR count). The molecule has 2 aliphatic rings. The summed E-state index contributed by atoms with van der Waals surface area (Å²) in [6.07, 6.45) is 1.12. The van der Waals surface area contributed by atoms with Crippen molar-refractivity contribution in [1.29, 1.82) is 0 Å². The molecule has 1 amide bonds. The molecule has 1 saturated heterocycles. The zero-order chi connectivity index (χ0) is 12.7. The van der Waals surface area contributed by atoms with Crippen LogP contribution < -0.4 is 4.74 Å². The molecular weight excluding hydrogens is 230 g/mol. The second-order valence-electron chi connectivity index (χ2n) is 5.12. The zero-order valence-electron chi connectivity index (χ0n) is 10.4. The van der Waals surface area contributed by atoms with Gasteiger partial charge in [0, 0.05) is 12.5 Å². The van der Waals surface area contributed by atoms with E-state index in [2.05, 4.69) is 0 Å². The van der Waals surface area contributed by atoms with Crippen LogP contribution >= 0.6 is 0 Å². The van der Waals surface area contributed by atoms with E-state index in [1.807, 2.05) is 29.2 Å². The number of likely N-dealkylation sites (tertiary alicyclic amines) is 1. The van der Waals surface area contributed by atoms with Gasteiger partial charge in [0.2, 0.25) is 5.91 Å². The molecule has 0 radical (unpaired) electrons. The highest BCUT2D eigenvalue weighted by Crippen LogP contribution is 2.39. The number of ether oxygens (including phenoxy) is 1. The number of carbonyl (C=O) groups excluding carboxylic acids is 1. The molecule has 1 heterocycles. The fraction of sp³-hybridized carbons (Fsp3) is 0.500. The highest BCUT2D eigenvalue weighted by molar-refractivity contribution is 5.82. The molecule has 0 spiro atoms. The van der Waals surface area contributed by atoms with E-state index in [9.17, 15) is 9.90 Å². The summed E-state index contributed by atoms with van der Waals surface area (Å²) in [5, 5.41) is 9.85. The van der Waals surface area contributed by atoms with Gasteiger partial charge in [-0.25, -0.2) is 0 Å². The minimum Gasteiger partial charge on any atom is -0.497 e. The van der Waals surface area contributed by atoms with Crippen molar-refractivity contribution in [2.45, 2.75) is 31.5 Å². The molecule has 0 aromatic heterocycles. The average molecular weight is 247 g/mol. The fourth-order valence-electron chi connectivity index (χ4n) is 3.05. The van der Waals surface area contributed by atoms with Crippen LogP contribution in [0.25, 0.3) is 0 Å². The number of methoxy groups -OCH3 is 1. The number of carbonyl (C=O) groups is 1. The Morgan fingerprint density at radius 3 is 2.67 bits per heavy atom. The monoisotopic (exact) mass is 247 g/mol. The molecule has 3 atom stereocenters. The summed E-state index contributed by atoms with van der Waals surface area (Å²) in [6, 6.07) is 7.73.